The number of likely N-dealkylation sites (tertiary alicyclic amines) is 1. The van der Waals surface area contributed by atoms with E-state index >= 15 is 0 Å². The molecule has 7 heteroatoms. The molecule has 0 bridgehead atoms. The Morgan fingerprint density at radius 3 is 2.58 bits per heavy atom. The second-order valence-electron chi connectivity index (χ2n) is 7.80. The van der Waals surface area contributed by atoms with Crippen LogP contribution in [0.15, 0.2) is 57.9 Å². The highest BCUT2D eigenvalue weighted by atomic mass is 32.2. The number of carbonyl (C=O) groups is 1. The minimum atomic E-state index is -0.0693. The Morgan fingerprint density at radius 2 is 1.81 bits per heavy atom. The van der Waals surface area contributed by atoms with Gasteiger partial charge in [0.2, 0.25) is 5.89 Å². The average Bonchev–Trinajstić information content (AvgIpc) is 3.23. The zero-order valence-electron chi connectivity index (χ0n) is 17.8. The number of aromatic nitrogens is 2. The van der Waals surface area contributed by atoms with Gasteiger partial charge < -0.3 is 9.84 Å². The second kappa shape index (κ2) is 10.6. The van der Waals surface area contributed by atoms with Crippen LogP contribution in [0.4, 0.5) is 0 Å². The van der Waals surface area contributed by atoms with E-state index in [0.29, 0.717) is 29.6 Å². The van der Waals surface area contributed by atoms with Gasteiger partial charge in [-0.05, 0) is 49.2 Å². The van der Waals surface area contributed by atoms with Crippen molar-refractivity contribution in [3.63, 3.8) is 0 Å². The standard InChI is InChI=1S/C24H28N4O2S/c1-18-26-23(27-30-18)17-31-22-12-6-5-11-21(22)24(29)25-15-19-9-3-4-10-20(19)16-28-13-7-2-8-14-28/h3-6,9-12H,2,7-8,13-17H2,1H3,(H,25,29). The van der Waals surface area contributed by atoms with Gasteiger partial charge in [0.15, 0.2) is 5.82 Å². The van der Waals surface area contributed by atoms with Crippen LogP contribution in [0, 0.1) is 6.92 Å². The van der Waals surface area contributed by atoms with Gasteiger partial charge in [0.05, 0.1) is 11.3 Å². The van der Waals surface area contributed by atoms with Gasteiger partial charge in [0.25, 0.3) is 5.91 Å². The van der Waals surface area contributed by atoms with Crippen LogP contribution in [-0.4, -0.2) is 34.0 Å². The third-order valence-electron chi connectivity index (χ3n) is 5.46. The summed E-state index contributed by atoms with van der Waals surface area (Å²) in [4.78, 5) is 20.6. The number of rotatable bonds is 8. The van der Waals surface area contributed by atoms with Gasteiger partial charge in [-0.25, -0.2) is 0 Å². The number of benzene rings is 2. The topological polar surface area (TPSA) is 71.3 Å². The molecule has 0 unspecified atom stereocenters. The smallest absolute Gasteiger partial charge is 0.252 e. The van der Waals surface area contributed by atoms with E-state index in [9.17, 15) is 4.79 Å². The van der Waals surface area contributed by atoms with Crippen molar-refractivity contribution in [3.8, 4) is 0 Å². The van der Waals surface area contributed by atoms with Crippen LogP contribution in [-0.2, 0) is 18.8 Å². The fraction of sp³-hybridized carbons (Fsp3) is 0.375. The third-order valence-corrected chi connectivity index (χ3v) is 6.53. The van der Waals surface area contributed by atoms with Crippen molar-refractivity contribution in [2.75, 3.05) is 13.1 Å². The van der Waals surface area contributed by atoms with Gasteiger partial charge in [-0.2, -0.15) is 4.98 Å². The monoisotopic (exact) mass is 436 g/mol. The zero-order valence-corrected chi connectivity index (χ0v) is 18.7. The molecule has 1 fully saturated rings. The predicted molar refractivity (Wildman–Crippen MR) is 122 cm³/mol. The summed E-state index contributed by atoms with van der Waals surface area (Å²) in [5.74, 6) is 1.66. The Labute approximate surface area is 187 Å². The largest absolute Gasteiger partial charge is 0.348 e. The molecule has 2 aromatic carbocycles. The second-order valence-corrected chi connectivity index (χ2v) is 8.82. The molecule has 31 heavy (non-hydrogen) atoms. The molecule has 1 aliphatic heterocycles. The van der Waals surface area contributed by atoms with E-state index in [0.717, 1.165) is 24.5 Å². The maximum atomic E-state index is 13.0. The van der Waals surface area contributed by atoms with E-state index in [1.807, 2.05) is 30.3 Å². The summed E-state index contributed by atoms with van der Waals surface area (Å²) < 4.78 is 5.03. The molecular formula is C24H28N4O2S. The molecule has 0 atom stereocenters. The quantitative estimate of drug-likeness (QED) is 0.521. The molecule has 0 radical (unpaired) electrons. The van der Waals surface area contributed by atoms with Crippen LogP contribution in [0.2, 0.25) is 0 Å². The van der Waals surface area contributed by atoms with Crippen LogP contribution in [0.3, 0.4) is 0 Å². The number of amides is 1. The van der Waals surface area contributed by atoms with E-state index in [1.165, 1.54) is 42.2 Å². The summed E-state index contributed by atoms with van der Waals surface area (Å²) in [5.41, 5.74) is 3.13. The first-order valence-corrected chi connectivity index (χ1v) is 11.8. The van der Waals surface area contributed by atoms with Gasteiger partial charge in [0, 0.05) is 24.9 Å². The molecule has 1 N–H and O–H groups in total. The van der Waals surface area contributed by atoms with E-state index in [2.05, 4.69) is 38.6 Å². The first kappa shape index (κ1) is 21.6. The molecule has 6 nitrogen and oxygen atoms in total. The summed E-state index contributed by atoms with van der Waals surface area (Å²) in [5, 5.41) is 7.04. The normalized spacial score (nSPS) is 14.5. The summed E-state index contributed by atoms with van der Waals surface area (Å²) in [6.07, 6.45) is 3.88. The first-order chi connectivity index (χ1) is 15.2. The average molecular weight is 437 g/mol. The maximum absolute atomic E-state index is 13.0. The van der Waals surface area contributed by atoms with Crippen LogP contribution in [0.5, 0.6) is 0 Å². The molecule has 1 aromatic heterocycles. The lowest BCUT2D eigenvalue weighted by Gasteiger charge is -2.27. The number of hydrogen-bond acceptors (Lipinski definition) is 6. The highest BCUT2D eigenvalue weighted by Gasteiger charge is 2.15. The number of thioether (sulfide) groups is 1. The Kier molecular flexibility index (Phi) is 7.38. The lowest BCUT2D eigenvalue weighted by molar-refractivity contribution is 0.0947. The minimum absolute atomic E-state index is 0.0693. The molecule has 1 saturated heterocycles. The fourth-order valence-corrected chi connectivity index (χ4v) is 4.73. The zero-order chi connectivity index (χ0) is 21.5. The SMILES string of the molecule is Cc1nc(CSc2ccccc2C(=O)NCc2ccccc2CN2CCCCC2)no1. The number of carbonyl (C=O) groups excluding carboxylic acids is 1. The first-order valence-electron chi connectivity index (χ1n) is 10.8. The molecule has 0 spiro atoms. The van der Waals surface area contributed by atoms with Crippen molar-refractivity contribution in [1.82, 2.24) is 20.4 Å². The Balaban J connectivity index is 1.39. The lowest BCUT2D eigenvalue weighted by Crippen LogP contribution is -2.30. The highest BCUT2D eigenvalue weighted by Crippen LogP contribution is 2.25. The summed E-state index contributed by atoms with van der Waals surface area (Å²) >= 11 is 1.54. The Morgan fingerprint density at radius 1 is 1.06 bits per heavy atom. The summed E-state index contributed by atoms with van der Waals surface area (Å²) in [7, 11) is 0. The van der Waals surface area contributed by atoms with Crippen molar-refractivity contribution in [1.29, 1.82) is 0 Å². The van der Waals surface area contributed by atoms with Crippen molar-refractivity contribution in [2.24, 2.45) is 0 Å². The van der Waals surface area contributed by atoms with Crippen LogP contribution < -0.4 is 5.32 Å². The van der Waals surface area contributed by atoms with Gasteiger partial charge in [-0.15, -0.1) is 11.8 Å². The summed E-state index contributed by atoms with van der Waals surface area (Å²) in [6.45, 7) is 5.55. The van der Waals surface area contributed by atoms with Gasteiger partial charge in [-0.1, -0.05) is 48.0 Å². The van der Waals surface area contributed by atoms with Gasteiger partial charge in [-0.3, -0.25) is 9.69 Å². The number of aryl methyl sites for hydroxylation is 1. The van der Waals surface area contributed by atoms with Crippen molar-refractivity contribution < 1.29 is 9.32 Å². The minimum Gasteiger partial charge on any atom is -0.348 e. The molecule has 4 rings (SSSR count). The van der Waals surface area contributed by atoms with Gasteiger partial charge >= 0.3 is 0 Å². The molecule has 0 saturated carbocycles. The van der Waals surface area contributed by atoms with Crippen molar-refractivity contribution >= 4 is 17.7 Å². The van der Waals surface area contributed by atoms with E-state index < -0.39 is 0 Å². The number of hydrogen-bond donors (Lipinski definition) is 1. The van der Waals surface area contributed by atoms with Crippen molar-refractivity contribution in [3.05, 3.63) is 76.9 Å². The Bertz CT molecular complexity index is 1010. The fourth-order valence-electron chi connectivity index (χ4n) is 3.84. The molecule has 162 valence electrons. The Hall–Kier alpha value is -2.64. The van der Waals surface area contributed by atoms with Crippen LogP contribution in [0.25, 0.3) is 0 Å². The molecule has 0 aliphatic carbocycles. The number of nitrogens with zero attached hydrogens (tertiary/aromatic N) is 3. The summed E-state index contributed by atoms with van der Waals surface area (Å²) in [6, 6.07) is 16.0. The molecule has 2 heterocycles. The van der Waals surface area contributed by atoms with Gasteiger partial charge in [0.1, 0.15) is 0 Å². The predicted octanol–water partition coefficient (Wildman–Crippen LogP) is 4.59. The highest BCUT2D eigenvalue weighted by molar-refractivity contribution is 7.98. The molecule has 1 aliphatic rings. The molecule has 3 aromatic rings. The van der Waals surface area contributed by atoms with Crippen molar-refractivity contribution in [2.45, 2.75) is 49.9 Å². The number of nitrogens with one attached hydrogen (secondary N) is 1. The lowest BCUT2D eigenvalue weighted by atomic mass is 10.0. The van der Waals surface area contributed by atoms with E-state index in [1.54, 1.807) is 6.92 Å². The maximum Gasteiger partial charge on any atom is 0.252 e. The molecule has 1 amide bonds. The van der Waals surface area contributed by atoms with Crippen LogP contribution >= 0.6 is 11.8 Å². The van der Waals surface area contributed by atoms with E-state index in [4.69, 9.17) is 4.52 Å². The third kappa shape index (κ3) is 5.95. The molecular weight excluding hydrogens is 408 g/mol. The van der Waals surface area contributed by atoms with Crippen LogP contribution in [0.1, 0.15) is 52.5 Å². The van der Waals surface area contributed by atoms with E-state index in [-0.39, 0.29) is 5.91 Å². The number of piperidine rings is 1.